The van der Waals surface area contributed by atoms with Gasteiger partial charge < -0.3 is 0 Å². The number of fused-ring (bicyclic) bond motifs is 1. The highest BCUT2D eigenvalue weighted by Gasteiger charge is 2.27. The molecule has 2 amide bonds. The number of benzene rings is 2. The van der Waals surface area contributed by atoms with Crippen molar-refractivity contribution < 1.29 is 9.59 Å². The fourth-order valence-corrected chi connectivity index (χ4v) is 5.21. The van der Waals surface area contributed by atoms with Gasteiger partial charge in [-0.15, -0.1) is 0 Å². The molecular formula is C27H26N6O2S. The number of aromatic nitrogens is 4. The Bertz CT molecular complexity index is 1400. The van der Waals surface area contributed by atoms with Crippen LogP contribution in [0.25, 0.3) is 5.69 Å². The number of thioether (sulfide) groups is 1. The summed E-state index contributed by atoms with van der Waals surface area (Å²) in [5.41, 5.74) is 11.7. The third-order valence-corrected chi connectivity index (χ3v) is 6.90. The van der Waals surface area contributed by atoms with E-state index < -0.39 is 5.91 Å². The summed E-state index contributed by atoms with van der Waals surface area (Å²) in [4.78, 5) is 34.4. The van der Waals surface area contributed by atoms with E-state index in [1.54, 1.807) is 23.9 Å². The second-order valence-electron chi connectivity index (χ2n) is 8.70. The van der Waals surface area contributed by atoms with E-state index >= 15 is 0 Å². The highest BCUT2D eigenvalue weighted by Crippen LogP contribution is 2.27. The number of nitrogens with zero attached hydrogens (tertiary/aromatic N) is 4. The summed E-state index contributed by atoms with van der Waals surface area (Å²) < 4.78 is 1.83. The predicted octanol–water partition coefficient (Wildman–Crippen LogP) is 4.13. The van der Waals surface area contributed by atoms with Gasteiger partial charge in [0.15, 0.2) is 10.9 Å². The molecule has 182 valence electrons. The molecule has 0 spiro atoms. The minimum absolute atomic E-state index is 0.354. The topological polar surface area (TPSA) is 102 Å². The summed E-state index contributed by atoms with van der Waals surface area (Å²) >= 11 is 1.55. The van der Waals surface area contributed by atoms with Gasteiger partial charge in [0.2, 0.25) is 0 Å². The molecule has 0 bridgehead atoms. The summed E-state index contributed by atoms with van der Waals surface area (Å²) in [6.45, 7) is 3.90. The van der Waals surface area contributed by atoms with Crippen LogP contribution in [0, 0.1) is 13.8 Å². The molecule has 0 aliphatic heterocycles. The molecule has 0 unspecified atom stereocenters. The van der Waals surface area contributed by atoms with E-state index in [2.05, 4.69) is 25.9 Å². The Morgan fingerprint density at radius 2 is 1.61 bits per heavy atom. The van der Waals surface area contributed by atoms with Gasteiger partial charge in [-0.1, -0.05) is 42.1 Å². The van der Waals surface area contributed by atoms with Crippen molar-refractivity contribution in [3.05, 3.63) is 100 Å². The first-order chi connectivity index (χ1) is 17.5. The largest absolute Gasteiger partial charge is 0.290 e. The van der Waals surface area contributed by atoms with Crippen LogP contribution in [0.2, 0.25) is 0 Å². The number of nitrogens with one attached hydrogen (secondary N) is 2. The lowest BCUT2D eigenvalue weighted by Crippen LogP contribution is -2.42. The first kappa shape index (κ1) is 23.7. The third-order valence-electron chi connectivity index (χ3n) is 5.98. The van der Waals surface area contributed by atoms with E-state index in [1.807, 2.05) is 67.1 Å². The van der Waals surface area contributed by atoms with Gasteiger partial charge >= 0.3 is 0 Å². The normalized spacial score (nSPS) is 12.3. The van der Waals surface area contributed by atoms with Crippen LogP contribution in [0.3, 0.4) is 0 Å². The van der Waals surface area contributed by atoms with Gasteiger partial charge in [0, 0.05) is 34.0 Å². The van der Waals surface area contributed by atoms with Crippen LogP contribution in [0.1, 0.15) is 55.5 Å². The Balaban J connectivity index is 1.20. The molecule has 0 saturated heterocycles. The van der Waals surface area contributed by atoms with Crippen molar-refractivity contribution in [1.82, 2.24) is 30.6 Å². The Morgan fingerprint density at radius 3 is 2.33 bits per heavy atom. The van der Waals surface area contributed by atoms with E-state index in [0.717, 1.165) is 58.3 Å². The SMILES string of the molecule is Cc1cc(C)nc(SCc2ccc(C(=O)NNC(=O)c3nn(-c4ccccc4)c4c3CCC4)cc2)n1. The lowest BCUT2D eigenvalue weighted by Gasteiger charge is -2.08. The van der Waals surface area contributed by atoms with Crippen molar-refractivity contribution >= 4 is 23.6 Å². The molecule has 0 saturated carbocycles. The predicted molar refractivity (Wildman–Crippen MR) is 138 cm³/mol. The zero-order chi connectivity index (χ0) is 25.1. The maximum absolute atomic E-state index is 12.9. The van der Waals surface area contributed by atoms with Crippen LogP contribution < -0.4 is 10.9 Å². The maximum atomic E-state index is 12.9. The molecule has 0 fully saturated rings. The zero-order valence-electron chi connectivity index (χ0n) is 20.1. The number of amides is 2. The van der Waals surface area contributed by atoms with Crippen molar-refractivity contribution in [2.45, 2.75) is 44.0 Å². The fraction of sp³-hybridized carbons (Fsp3) is 0.222. The average molecular weight is 499 g/mol. The van der Waals surface area contributed by atoms with Crippen molar-refractivity contribution in [1.29, 1.82) is 0 Å². The van der Waals surface area contributed by atoms with E-state index in [-0.39, 0.29) is 5.91 Å². The molecule has 36 heavy (non-hydrogen) atoms. The van der Waals surface area contributed by atoms with Crippen LogP contribution in [-0.2, 0) is 18.6 Å². The summed E-state index contributed by atoms with van der Waals surface area (Å²) in [6, 6.07) is 19.0. The lowest BCUT2D eigenvalue weighted by atomic mass is 10.1. The van der Waals surface area contributed by atoms with Crippen molar-refractivity contribution in [2.24, 2.45) is 0 Å². The molecule has 1 aliphatic carbocycles. The smallest absolute Gasteiger partial charge is 0.267 e. The number of para-hydroxylation sites is 1. The second-order valence-corrected chi connectivity index (χ2v) is 9.64. The molecule has 4 aromatic rings. The molecule has 2 aromatic heterocycles. The molecular weight excluding hydrogens is 472 g/mol. The highest BCUT2D eigenvalue weighted by atomic mass is 32.2. The molecule has 5 rings (SSSR count). The molecule has 0 atom stereocenters. The standard InChI is InChI=1S/C27H26N6O2S/c1-17-15-18(2)29-27(28-17)36-16-19-11-13-20(14-12-19)25(34)30-31-26(35)24-22-9-6-10-23(22)33(32-24)21-7-4-3-5-8-21/h3-5,7-8,11-15H,6,9-10,16H2,1-2H3,(H,30,34)(H,31,35). The van der Waals surface area contributed by atoms with Crippen LogP contribution in [0.5, 0.6) is 0 Å². The number of rotatable bonds is 6. The van der Waals surface area contributed by atoms with Crippen LogP contribution in [0.15, 0.2) is 65.8 Å². The summed E-state index contributed by atoms with van der Waals surface area (Å²) in [7, 11) is 0. The quantitative estimate of drug-likeness (QED) is 0.235. The molecule has 2 heterocycles. The van der Waals surface area contributed by atoms with Crippen molar-refractivity contribution in [3.63, 3.8) is 0 Å². The Labute approximate surface area is 213 Å². The first-order valence-corrected chi connectivity index (χ1v) is 12.8. The minimum atomic E-state index is -0.419. The van der Waals surface area contributed by atoms with Gasteiger partial charge in [-0.05, 0) is 69.0 Å². The van der Waals surface area contributed by atoms with Gasteiger partial charge in [-0.2, -0.15) is 5.10 Å². The van der Waals surface area contributed by atoms with Gasteiger partial charge in [0.25, 0.3) is 11.8 Å². The lowest BCUT2D eigenvalue weighted by molar-refractivity contribution is 0.0843. The van der Waals surface area contributed by atoms with Gasteiger partial charge in [0.05, 0.1) is 5.69 Å². The van der Waals surface area contributed by atoms with Gasteiger partial charge in [-0.25, -0.2) is 14.6 Å². The van der Waals surface area contributed by atoms with E-state index in [9.17, 15) is 9.59 Å². The van der Waals surface area contributed by atoms with Crippen LogP contribution >= 0.6 is 11.8 Å². The molecule has 0 radical (unpaired) electrons. The number of hydrazine groups is 1. The van der Waals surface area contributed by atoms with E-state index in [4.69, 9.17) is 0 Å². The number of aryl methyl sites for hydroxylation is 2. The van der Waals surface area contributed by atoms with Crippen molar-refractivity contribution in [3.8, 4) is 5.69 Å². The third kappa shape index (κ3) is 5.16. The molecule has 8 nitrogen and oxygen atoms in total. The molecule has 2 aromatic carbocycles. The van der Waals surface area contributed by atoms with Gasteiger partial charge in [-0.3, -0.25) is 20.4 Å². The summed E-state index contributed by atoms with van der Waals surface area (Å²) in [6.07, 6.45) is 2.65. The molecule has 2 N–H and O–H groups in total. The number of hydrogen-bond acceptors (Lipinski definition) is 6. The molecule has 9 heteroatoms. The zero-order valence-corrected chi connectivity index (χ0v) is 20.9. The first-order valence-electron chi connectivity index (χ1n) is 11.8. The maximum Gasteiger partial charge on any atom is 0.290 e. The highest BCUT2D eigenvalue weighted by molar-refractivity contribution is 7.98. The summed E-state index contributed by atoms with van der Waals surface area (Å²) in [5.74, 6) is -0.117. The second kappa shape index (κ2) is 10.3. The van der Waals surface area contributed by atoms with Crippen LogP contribution in [-0.4, -0.2) is 31.6 Å². The number of carbonyl (C=O) groups excluding carboxylic acids is 2. The van der Waals surface area contributed by atoms with Crippen molar-refractivity contribution in [2.75, 3.05) is 0 Å². The van der Waals surface area contributed by atoms with Crippen LogP contribution in [0.4, 0.5) is 0 Å². The monoisotopic (exact) mass is 498 g/mol. The fourth-order valence-electron chi connectivity index (χ4n) is 4.31. The minimum Gasteiger partial charge on any atom is -0.267 e. The summed E-state index contributed by atoms with van der Waals surface area (Å²) in [5, 5.41) is 5.30. The number of carbonyl (C=O) groups is 2. The Hall–Kier alpha value is -3.98. The Morgan fingerprint density at radius 1 is 0.917 bits per heavy atom. The average Bonchev–Trinajstić information content (AvgIpc) is 3.49. The number of hydrogen-bond donors (Lipinski definition) is 2. The van der Waals surface area contributed by atoms with Gasteiger partial charge in [0.1, 0.15) is 0 Å². The van der Waals surface area contributed by atoms with E-state index in [1.165, 1.54) is 0 Å². The molecule has 1 aliphatic rings. The Kier molecular flexibility index (Phi) is 6.81. The van der Waals surface area contributed by atoms with E-state index in [0.29, 0.717) is 17.0 Å².